The zero-order chi connectivity index (χ0) is 13.8. The van der Waals surface area contributed by atoms with E-state index in [1.165, 1.54) is 24.8 Å². The van der Waals surface area contributed by atoms with E-state index in [1.54, 1.807) is 0 Å². The van der Waals surface area contributed by atoms with Crippen molar-refractivity contribution in [3.8, 4) is 0 Å². The number of halogens is 1. The van der Waals surface area contributed by atoms with Crippen molar-refractivity contribution in [1.29, 1.82) is 0 Å². The lowest BCUT2D eigenvalue weighted by Crippen LogP contribution is -2.36. The second kappa shape index (κ2) is 6.82. The first-order chi connectivity index (χ1) is 9.11. The summed E-state index contributed by atoms with van der Waals surface area (Å²) in [5.41, 5.74) is 7.27. The summed E-state index contributed by atoms with van der Waals surface area (Å²) in [5.74, 6) is 0.736. The van der Waals surface area contributed by atoms with Crippen LogP contribution in [-0.2, 0) is 0 Å². The molecule has 4 heteroatoms. The first kappa shape index (κ1) is 14.9. The average Bonchev–Trinajstić information content (AvgIpc) is 3.18. The number of hydrogen-bond donors (Lipinski definition) is 1. The minimum atomic E-state index is 0.302. The monoisotopic (exact) mass is 325 g/mol. The summed E-state index contributed by atoms with van der Waals surface area (Å²) in [6.07, 6.45) is 7.64. The number of pyridine rings is 1. The summed E-state index contributed by atoms with van der Waals surface area (Å²) in [7, 11) is 0. The molecule has 0 spiro atoms. The van der Waals surface area contributed by atoms with Gasteiger partial charge in [0.25, 0.3) is 0 Å². The summed E-state index contributed by atoms with van der Waals surface area (Å²) in [6.45, 7) is 6.36. The van der Waals surface area contributed by atoms with E-state index in [2.05, 4.69) is 45.7 Å². The normalized spacial score (nSPS) is 17.2. The molecule has 0 radical (unpaired) electrons. The van der Waals surface area contributed by atoms with Gasteiger partial charge in [-0.05, 0) is 59.3 Å². The first-order valence-electron chi connectivity index (χ1n) is 7.18. The molecule has 1 heterocycles. The van der Waals surface area contributed by atoms with Crippen LogP contribution in [0.5, 0.6) is 0 Å². The van der Waals surface area contributed by atoms with E-state index < -0.39 is 0 Å². The highest BCUT2D eigenvalue weighted by atomic mass is 79.9. The van der Waals surface area contributed by atoms with Crippen LogP contribution in [0, 0.1) is 5.92 Å². The quantitative estimate of drug-likeness (QED) is 0.835. The molecule has 3 nitrogen and oxygen atoms in total. The van der Waals surface area contributed by atoms with Gasteiger partial charge in [0.2, 0.25) is 0 Å². The summed E-state index contributed by atoms with van der Waals surface area (Å²) in [5, 5.41) is 0. The molecule has 2 rings (SSSR count). The predicted octanol–water partition coefficient (Wildman–Crippen LogP) is 3.35. The standard InChI is InChI=1S/C15H24BrN3/c1-11(2)5-6-19(14-3-4-14)15(8-17)12-7-13(16)10-18-9-12/h7,9-11,14-15H,3-6,8,17H2,1-2H3. The predicted molar refractivity (Wildman–Crippen MR) is 82.9 cm³/mol. The molecule has 1 aromatic rings. The molecule has 1 aliphatic carbocycles. The van der Waals surface area contributed by atoms with E-state index in [0.717, 1.165) is 23.0 Å². The van der Waals surface area contributed by atoms with Gasteiger partial charge in [0.15, 0.2) is 0 Å². The maximum absolute atomic E-state index is 6.04. The van der Waals surface area contributed by atoms with Gasteiger partial charge in [-0.15, -0.1) is 0 Å². The van der Waals surface area contributed by atoms with Crippen LogP contribution in [0.1, 0.15) is 44.7 Å². The Morgan fingerprint density at radius 1 is 1.42 bits per heavy atom. The first-order valence-corrected chi connectivity index (χ1v) is 7.97. The topological polar surface area (TPSA) is 42.1 Å². The molecule has 1 unspecified atom stereocenters. The van der Waals surface area contributed by atoms with Gasteiger partial charge in [0, 0.05) is 35.5 Å². The third-order valence-electron chi connectivity index (χ3n) is 3.71. The van der Waals surface area contributed by atoms with Gasteiger partial charge in [-0.2, -0.15) is 0 Å². The third-order valence-corrected chi connectivity index (χ3v) is 4.15. The average molecular weight is 326 g/mol. The van der Waals surface area contributed by atoms with E-state index in [1.807, 2.05) is 12.4 Å². The number of nitrogens with two attached hydrogens (primary N) is 1. The van der Waals surface area contributed by atoms with Crippen LogP contribution in [0.4, 0.5) is 0 Å². The van der Waals surface area contributed by atoms with Crippen molar-refractivity contribution < 1.29 is 0 Å². The van der Waals surface area contributed by atoms with E-state index in [9.17, 15) is 0 Å². The molecule has 0 aliphatic heterocycles. The molecular formula is C15H24BrN3. The molecule has 106 valence electrons. The van der Waals surface area contributed by atoms with Crippen molar-refractivity contribution in [3.63, 3.8) is 0 Å². The van der Waals surface area contributed by atoms with E-state index >= 15 is 0 Å². The Balaban J connectivity index is 2.12. The molecule has 1 aliphatic rings. The molecule has 0 saturated heterocycles. The maximum Gasteiger partial charge on any atom is 0.0489 e. The number of hydrogen-bond acceptors (Lipinski definition) is 3. The largest absolute Gasteiger partial charge is 0.329 e. The van der Waals surface area contributed by atoms with E-state index in [0.29, 0.717) is 12.6 Å². The Hall–Kier alpha value is -0.450. The Morgan fingerprint density at radius 3 is 2.68 bits per heavy atom. The third kappa shape index (κ3) is 4.26. The van der Waals surface area contributed by atoms with Crippen LogP contribution in [0.25, 0.3) is 0 Å². The molecular weight excluding hydrogens is 302 g/mol. The van der Waals surface area contributed by atoms with Gasteiger partial charge in [-0.3, -0.25) is 9.88 Å². The minimum absolute atomic E-state index is 0.302. The summed E-state index contributed by atoms with van der Waals surface area (Å²) in [6, 6.07) is 3.18. The lowest BCUT2D eigenvalue weighted by atomic mass is 10.0. The summed E-state index contributed by atoms with van der Waals surface area (Å²) >= 11 is 3.50. The van der Waals surface area contributed by atoms with Crippen molar-refractivity contribution in [3.05, 3.63) is 28.5 Å². The summed E-state index contributed by atoms with van der Waals surface area (Å²) < 4.78 is 1.03. The fraction of sp³-hybridized carbons (Fsp3) is 0.667. The second-order valence-corrected chi connectivity index (χ2v) is 6.76. The summed E-state index contributed by atoms with van der Waals surface area (Å²) in [4.78, 5) is 6.87. The minimum Gasteiger partial charge on any atom is -0.329 e. The van der Waals surface area contributed by atoms with Crippen LogP contribution in [0.2, 0.25) is 0 Å². The van der Waals surface area contributed by atoms with Crippen molar-refractivity contribution >= 4 is 15.9 Å². The lowest BCUT2D eigenvalue weighted by Gasteiger charge is -2.32. The van der Waals surface area contributed by atoms with Crippen LogP contribution in [-0.4, -0.2) is 29.0 Å². The molecule has 0 bridgehead atoms. The number of nitrogens with zero attached hydrogens (tertiary/aromatic N) is 2. The number of rotatable bonds is 7. The maximum atomic E-state index is 6.04. The van der Waals surface area contributed by atoms with Crippen LogP contribution in [0.15, 0.2) is 22.9 Å². The highest BCUT2D eigenvalue weighted by Gasteiger charge is 2.33. The SMILES string of the molecule is CC(C)CCN(C1CC1)C(CN)c1cncc(Br)c1. The Morgan fingerprint density at radius 2 is 2.16 bits per heavy atom. The molecule has 2 N–H and O–H groups in total. The molecule has 19 heavy (non-hydrogen) atoms. The molecule has 0 amide bonds. The van der Waals surface area contributed by atoms with Gasteiger partial charge >= 0.3 is 0 Å². The lowest BCUT2D eigenvalue weighted by molar-refractivity contribution is 0.180. The molecule has 1 saturated carbocycles. The smallest absolute Gasteiger partial charge is 0.0489 e. The zero-order valence-corrected chi connectivity index (χ0v) is 13.4. The Kier molecular flexibility index (Phi) is 5.37. The van der Waals surface area contributed by atoms with Gasteiger partial charge in [-0.25, -0.2) is 0 Å². The van der Waals surface area contributed by atoms with Crippen LogP contribution in [0.3, 0.4) is 0 Å². The zero-order valence-electron chi connectivity index (χ0n) is 11.8. The van der Waals surface area contributed by atoms with Crippen molar-refractivity contribution in [2.24, 2.45) is 11.7 Å². The fourth-order valence-electron chi connectivity index (χ4n) is 2.48. The van der Waals surface area contributed by atoms with Crippen molar-refractivity contribution in [1.82, 2.24) is 9.88 Å². The van der Waals surface area contributed by atoms with Crippen LogP contribution < -0.4 is 5.73 Å². The molecule has 0 aromatic carbocycles. The Bertz CT molecular complexity index is 404. The second-order valence-electron chi connectivity index (χ2n) is 5.84. The van der Waals surface area contributed by atoms with Crippen molar-refractivity contribution in [2.75, 3.05) is 13.1 Å². The van der Waals surface area contributed by atoms with Crippen molar-refractivity contribution in [2.45, 2.75) is 45.2 Å². The van der Waals surface area contributed by atoms with Gasteiger partial charge in [-0.1, -0.05) is 13.8 Å². The Labute approximate surface area is 124 Å². The molecule has 1 aromatic heterocycles. The van der Waals surface area contributed by atoms with E-state index in [-0.39, 0.29) is 0 Å². The van der Waals surface area contributed by atoms with Gasteiger partial charge in [0.05, 0.1) is 0 Å². The highest BCUT2D eigenvalue weighted by molar-refractivity contribution is 9.10. The highest BCUT2D eigenvalue weighted by Crippen LogP contribution is 2.34. The van der Waals surface area contributed by atoms with Crippen LogP contribution >= 0.6 is 15.9 Å². The molecule has 1 atom stereocenters. The molecule has 1 fully saturated rings. The van der Waals surface area contributed by atoms with Gasteiger partial charge < -0.3 is 5.73 Å². The van der Waals surface area contributed by atoms with Gasteiger partial charge in [0.1, 0.15) is 0 Å². The fourth-order valence-corrected chi connectivity index (χ4v) is 2.86. The van der Waals surface area contributed by atoms with E-state index in [4.69, 9.17) is 5.73 Å². The number of aromatic nitrogens is 1.